The van der Waals surface area contributed by atoms with E-state index in [0.717, 1.165) is 22.2 Å². The summed E-state index contributed by atoms with van der Waals surface area (Å²) in [5.74, 6) is 0.886. The van der Waals surface area contributed by atoms with Crippen LogP contribution in [0.5, 0.6) is 5.75 Å². The van der Waals surface area contributed by atoms with Gasteiger partial charge in [0.05, 0.1) is 11.2 Å². The Morgan fingerprint density at radius 1 is 1.22 bits per heavy atom. The van der Waals surface area contributed by atoms with E-state index < -0.39 is 0 Å². The van der Waals surface area contributed by atoms with E-state index in [-0.39, 0.29) is 5.75 Å². The molecule has 0 saturated heterocycles. The van der Waals surface area contributed by atoms with Gasteiger partial charge in [0.2, 0.25) is 0 Å². The molecule has 18 heavy (non-hydrogen) atoms. The first kappa shape index (κ1) is 10.7. The summed E-state index contributed by atoms with van der Waals surface area (Å²) in [5, 5.41) is 15.0. The van der Waals surface area contributed by atoms with Crippen molar-refractivity contribution in [3.8, 4) is 17.0 Å². The molecule has 3 N–H and O–H groups in total. The molecule has 3 aromatic rings. The van der Waals surface area contributed by atoms with Crippen LogP contribution in [0.2, 0.25) is 0 Å². The Balaban J connectivity index is 2.30. The molecule has 0 saturated carbocycles. The second-order valence-electron chi connectivity index (χ2n) is 4.43. The standard InChI is InChI=1S/C13H14N4O/c1-16-7-10(11-6-13(14)17(2)15-11)9-4-3-8(18)5-12(9)16/h3-7,18H,14H2,1-2H3. The van der Waals surface area contributed by atoms with E-state index in [2.05, 4.69) is 5.10 Å². The van der Waals surface area contributed by atoms with Gasteiger partial charge < -0.3 is 15.4 Å². The summed E-state index contributed by atoms with van der Waals surface area (Å²) in [6.07, 6.45) is 1.99. The number of aryl methyl sites for hydroxylation is 2. The maximum atomic E-state index is 9.53. The quantitative estimate of drug-likeness (QED) is 0.684. The van der Waals surface area contributed by atoms with Gasteiger partial charge >= 0.3 is 0 Å². The first-order valence-electron chi connectivity index (χ1n) is 5.64. The molecule has 0 atom stereocenters. The lowest BCUT2D eigenvalue weighted by Gasteiger charge is -1.96. The van der Waals surface area contributed by atoms with Crippen LogP contribution in [0.25, 0.3) is 22.2 Å². The Morgan fingerprint density at radius 3 is 2.67 bits per heavy atom. The number of hydrogen-bond acceptors (Lipinski definition) is 3. The van der Waals surface area contributed by atoms with Crippen LogP contribution in [0.15, 0.2) is 30.5 Å². The Kier molecular flexibility index (Phi) is 2.10. The highest BCUT2D eigenvalue weighted by Gasteiger charge is 2.12. The molecule has 2 aromatic heterocycles. The molecule has 5 nitrogen and oxygen atoms in total. The highest BCUT2D eigenvalue weighted by atomic mass is 16.3. The summed E-state index contributed by atoms with van der Waals surface area (Å²) in [5.41, 5.74) is 8.63. The van der Waals surface area contributed by atoms with E-state index in [9.17, 15) is 5.11 Å². The van der Waals surface area contributed by atoms with Crippen molar-refractivity contribution >= 4 is 16.7 Å². The highest BCUT2D eigenvalue weighted by molar-refractivity contribution is 5.96. The van der Waals surface area contributed by atoms with Gasteiger partial charge in [-0.25, -0.2) is 0 Å². The number of nitrogens with two attached hydrogens (primary N) is 1. The Hall–Kier alpha value is -2.43. The van der Waals surface area contributed by atoms with Gasteiger partial charge in [-0.15, -0.1) is 0 Å². The number of aromatic hydroxyl groups is 1. The molecule has 0 bridgehead atoms. The third-order valence-electron chi connectivity index (χ3n) is 3.17. The monoisotopic (exact) mass is 242 g/mol. The summed E-state index contributed by atoms with van der Waals surface area (Å²) in [6.45, 7) is 0. The van der Waals surface area contributed by atoms with E-state index >= 15 is 0 Å². The van der Waals surface area contributed by atoms with Crippen molar-refractivity contribution in [2.45, 2.75) is 0 Å². The van der Waals surface area contributed by atoms with Crippen LogP contribution >= 0.6 is 0 Å². The van der Waals surface area contributed by atoms with E-state index in [1.165, 1.54) is 0 Å². The third kappa shape index (κ3) is 1.44. The van der Waals surface area contributed by atoms with Gasteiger partial charge in [0.1, 0.15) is 11.6 Å². The first-order chi connectivity index (χ1) is 8.56. The number of rotatable bonds is 1. The number of aromatic nitrogens is 3. The van der Waals surface area contributed by atoms with Crippen LogP contribution in [0.4, 0.5) is 5.82 Å². The van der Waals surface area contributed by atoms with Gasteiger partial charge in [-0.2, -0.15) is 5.10 Å². The minimum Gasteiger partial charge on any atom is -0.508 e. The van der Waals surface area contributed by atoms with Crippen LogP contribution in [0.3, 0.4) is 0 Å². The maximum absolute atomic E-state index is 9.53. The molecule has 3 rings (SSSR count). The average molecular weight is 242 g/mol. The van der Waals surface area contributed by atoms with Crippen molar-refractivity contribution in [2.24, 2.45) is 14.1 Å². The smallest absolute Gasteiger partial charge is 0.121 e. The number of anilines is 1. The van der Waals surface area contributed by atoms with Gasteiger partial charge in [0, 0.05) is 43.4 Å². The number of phenols is 1. The lowest BCUT2D eigenvalue weighted by molar-refractivity contribution is 0.476. The molecule has 2 heterocycles. The molecular weight excluding hydrogens is 228 g/mol. The molecule has 5 heteroatoms. The fourth-order valence-electron chi connectivity index (χ4n) is 2.19. The lowest BCUT2D eigenvalue weighted by atomic mass is 10.1. The van der Waals surface area contributed by atoms with Crippen molar-refractivity contribution in [3.63, 3.8) is 0 Å². The summed E-state index contributed by atoms with van der Waals surface area (Å²) >= 11 is 0. The van der Waals surface area contributed by atoms with Crippen LogP contribution in [-0.2, 0) is 14.1 Å². The van der Waals surface area contributed by atoms with Crippen molar-refractivity contribution in [1.82, 2.24) is 14.3 Å². The molecule has 1 aromatic carbocycles. The fourth-order valence-corrected chi connectivity index (χ4v) is 2.19. The van der Waals surface area contributed by atoms with Gasteiger partial charge in [0.15, 0.2) is 0 Å². The summed E-state index contributed by atoms with van der Waals surface area (Å²) in [4.78, 5) is 0. The van der Waals surface area contributed by atoms with Crippen LogP contribution in [0.1, 0.15) is 0 Å². The lowest BCUT2D eigenvalue weighted by Crippen LogP contribution is -1.96. The van der Waals surface area contributed by atoms with Crippen LogP contribution in [-0.4, -0.2) is 19.5 Å². The number of benzene rings is 1. The SMILES string of the molecule is Cn1nc(-c2cn(C)c3cc(O)ccc23)cc1N. The molecule has 0 amide bonds. The molecule has 0 fully saturated rings. The van der Waals surface area contributed by atoms with Gasteiger partial charge in [-0.3, -0.25) is 4.68 Å². The molecular formula is C13H14N4O. The largest absolute Gasteiger partial charge is 0.508 e. The maximum Gasteiger partial charge on any atom is 0.121 e. The van der Waals surface area contributed by atoms with E-state index in [0.29, 0.717) is 5.82 Å². The van der Waals surface area contributed by atoms with Crippen LogP contribution in [0, 0.1) is 0 Å². The predicted molar refractivity (Wildman–Crippen MR) is 71.2 cm³/mol. The molecule has 0 spiro atoms. The van der Waals surface area contributed by atoms with Gasteiger partial charge in [-0.05, 0) is 12.1 Å². The molecule has 0 radical (unpaired) electrons. The van der Waals surface area contributed by atoms with Gasteiger partial charge in [0.25, 0.3) is 0 Å². The number of phenolic OH excluding ortho intramolecular Hbond substituents is 1. The predicted octanol–water partition coefficient (Wildman–Crippen LogP) is 1.87. The second-order valence-corrected chi connectivity index (χ2v) is 4.43. The second kappa shape index (κ2) is 3.53. The molecule has 0 unspecified atom stereocenters. The highest BCUT2D eigenvalue weighted by Crippen LogP contribution is 2.31. The summed E-state index contributed by atoms with van der Waals surface area (Å²) in [6, 6.07) is 7.16. The van der Waals surface area contributed by atoms with E-state index in [1.54, 1.807) is 16.8 Å². The van der Waals surface area contributed by atoms with Crippen molar-refractivity contribution in [1.29, 1.82) is 0 Å². The van der Waals surface area contributed by atoms with E-state index in [4.69, 9.17) is 5.73 Å². The molecule has 0 aliphatic carbocycles. The third-order valence-corrected chi connectivity index (χ3v) is 3.17. The van der Waals surface area contributed by atoms with E-state index in [1.807, 2.05) is 37.0 Å². The van der Waals surface area contributed by atoms with Crippen LogP contribution < -0.4 is 5.73 Å². The molecule has 0 aliphatic rings. The zero-order chi connectivity index (χ0) is 12.9. The zero-order valence-electron chi connectivity index (χ0n) is 10.3. The van der Waals surface area contributed by atoms with Gasteiger partial charge in [-0.1, -0.05) is 0 Å². The van der Waals surface area contributed by atoms with Crippen molar-refractivity contribution in [3.05, 3.63) is 30.5 Å². The van der Waals surface area contributed by atoms with Crippen molar-refractivity contribution in [2.75, 3.05) is 5.73 Å². The Labute approximate surface area is 104 Å². The summed E-state index contributed by atoms with van der Waals surface area (Å²) in [7, 11) is 3.76. The topological polar surface area (TPSA) is 69.0 Å². The normalized spacial score (nSPS) is 11.2. The Morgan fingerprint density at radius 2 is 2.00 bits per heavy atom. The minimum atomic E-state index is 0.260. The zero-order valence-corrected chi connectivity index (χ0v) is 10.3. The molecule has 92 valence electrons. The first-order valence-corrected chi connectivity index (χ1v) is 5.64. The summed E-state index contributed by atoms with van der Waals surface area (Å²) < 4.78 is 3.61. The Bertz CT molecular complexity index is 719. The average Bonchev–Trinajstić information content (AvgIpc) is 2.82. The number of fused-ring (bicyclic) bond motifs is 1. The fraction of sp³-hybridized carbons (Fsp3) is 0.154. The number of nitrogens with zero attached hydrogens (tertiary/aromatic N) is 3. The number of hydrogen-bond donors (Lipinski definition) is 2. The number of nitrogen functional groups attached to an aromatic ring is 1. The molecule has 0 aliphatic heterocycles. The van der Waals surface area contributed by atoms with Crippen molar-refractivity contribution < 1.29 is 5.11 Å². The minimum absolute atomic E-state index is 0.260.